The lowest BCUT2D eigenvalue weighted by Crippen LogP contribution is -2.50. The molecule has 174 valence electrons. The number of rotatable bonds is 5. The van der Waals surface area contributed by atoms with E-state index in [4.69, 9.17) is 4.74 Å². The van der Waals surface area contributed by atoms with Crippen molar-refractivity contribution in [1.82, 2.24) is 10.2 Å². The lowest BCUT2D eigenvalue weighted by Gasteiger charge is -2.41. The molecular formula is C27H33N3O3. The van der Waals surface area contributed by atoms with Gasteiger partial charge in [-0.05, 0) is 43.0 Å². The van der Waals surface area contributed by atoms with Crippen LogP contribution in [0.3, 0.4) is 0 Å². The molecule has 0 aromatic heterocycles. The van der Waals surface area contributed by atoms with E-state index in [1.165, 1.54) is 5.56 Å². The number of hydrogen-bond donors (Lipinski definition) is 2. The number of benzene rings is 2. The van der Waals surface area contributed by atoms with Crippen molar-refractivity contribution in [3.8, 4) is 0 Å². The van der Waals surface area contributed by atoms with Crippen LogP contribution in [-0.2, 0) is 9.53 Å². The van der Waals surface area contributed by atoms with Crippen LogP contribution in [-0.4, -0.2) is 49.1 Å². The molecule has 1 saturated carbocycles. The van der Waals surface area contributed by atoms with Gasteiger partial charge in [-0.2, -0.15) is 0 Å². The number of carbonyl (C=O) groups is 2. The molecule has 0 spiro atoms. The molecule has 2 amide bonds. The normalized spacial score (nSPS) is 28.4. The fourth-order valence-electron chi connectivity index (χ4n) is 6.07. The van der Waals surface area contributed by atoms with Gasteiger partial charge < -0.3 is 20.3 Å². The van der Waals surface area contributed by atoms with E-state index in [0.29, 0.717) is 18.1 Å². The van der Waals surface area contributed by atoms with E-state index in [1.807, 2.05) is 36.4 Å². The molecule has 6 heteroatoms. The van der Waals surface area contributed by atoms with Crippen molar-refractivity contribution in [2.75, 3.05) is 25.6 Å². The number of amides is 2. The Labute approximate surface area is 195 Å². The van der Waals surface area contributed by atoms with Gasteiger partial charge in [0, 0.05) is 36.9 Å². The second-order valence-electron chi connectivity index (χ2n) is 9.56. The first kappa shape index (κ1) is 22.0. The minimum atomic E-state index is -0.173. The molecule has 0 unspecified atom stereocenters. The first-order valence-electron chi connectivity index (χ1n) is 12.2. The van der Waals surface area contributed by atoms with Crippen LogP contribution >= 0.6 is 0 Å². The maximum Gasteiger partial charge on any atom is 0.251 e. The second kappa shape index (κ2) is 9.56. The summed E-state index contributed by atoms with van der Waals surface area (Å²) < 4.78 is 5.51. The van der Waals surface area contributed by atoms with Gasteiger partial charge in [0.05, 0.1) is 24.6 Å². The van der Waals surface area contributed by atoms with Crippen LogP contribution in [0.5, 0.6) is 0 Å². The Kier molecular flexibility index (Phi) is 6.36. The number of nitrogens with one attached hydrogen (secondary N) is 2. The van der Waals surface area contributed by atoms with E-state index < -0.39 is 0 Å². The van der Waals surface area contributed by atoms with Crippen LogP contribution in [0.4, 0.5) is 5.69 Å². The molecule has 5 atom stereocenters. The molecular weight excluding hydrogens is 414 g/mol. The van der Waals surface area contributed by atoms with Gasteiger partial charge in [-0.15, -0.1) is 0 Å². The average Bonchev–Trinajstić information content (AvgIpc) is 3.31. The third-order valence-electron chi connectivity index (χ3n) is 7.65. The summed E-state index contributed by atoms with van der Waals surface area (Å²) in [4.78, 5) is 28.9. The average molecular weight is 448 g/mol. The number of anilines is 1. The molecule has 1 saturated heterocycles. The van der Waals surface area contributed by atoms with E-state index >= 15 is 0 Å². The van der Waals surface area contributed by atoms with E-state index in [1.54, 1.807) is 7.11 Å². The number of carbonyl (C=O) groups excluding carboxylic acids is 2. The molecule has 2 aliphatic heterocycles. The van der Waals surface area contributed by atoms with Gasteiger partial charge in [-0.25, -0.2) is 0 Å². The monoisotopic (exact) mass is 447 g/mol. The Morgan fingerprint density at radius 2 is 1.79 bits per heavy atom. The van der Waals surface area contributed by atoms with Crippen LogP contribution in [0.15, 0.2) is 54.6 Å². The van der Waals surface area contributed by atoms with Gasteiger partial charge in [0.15, 0.2) is 0 Å². The van der Waals surface area contributed by atoms with Crippen molar-refractivity contribution in [1.29, 1.82) is 0 Å². The zero-order valence-corrected chi connectivity index (χ0v) is 19.2. The molecule has 2 aromatic carbocycles. The number of fused-ring (bicyclic) bond motifs is 3. The fraction of sp³-hybridized carbons (Fsp3) is 0.481. The number of ether oxygens (including phenoxy) is 1. The van der Waals surface area contributed by atoms with Crippen LogP contribution in [0, 0.1) is 11.8 Å². The summed E-state index contributed by atoms with van der Waals surface area (Å²) in [6, 6.07) is 17.7. The Morgan fingerprint density at radius 1 is 1.03 bits per heavy atom. The van der Waals surface area contributed by atoms with Crippen molar-refractivity contribution in [2.45, 2.75) is 50.2 Å². The molecule has 2 aromatic rings. The van der Waals surface area contributed by atoms with Gasteiger partial charge in [0.25, 0.3) is 5.91 Å². The molecule has 33 heavy (non-hydrogen) atoms. The SMILES string of the molecule is COC[C@@H]1Nc2ccccc2[C@H]2[C@@H]1CCN2C(=O)[C@H]1CCCC[C@H]1NC(=O)c1ccccc1. The molecule has 2 heterocycles. The van der Waals surface area contributed by atoms with E-state index in [0.717, 1.165) is 44.3 Å². The smallest absolute Gasteiger partial charge is 0.251 e. The molecule has 2 fully saturated rings. The summed E-state index contributed by atoms with van der Waals surface area (Å²) in [7, 11) is 1.73. The Balaban J connectivity index is 1.38. The van der Waals surface area contributed by atoms with Crippen LogP contribution < -0.4 is 10.6 Å². The summed E-state index contributed by atoms with van der Waals surface area (Å²) in [5, 5.41) is 6.83. The minimum absolute atomic E-state index is 0.0579. The van der Waals surface area contributed by atoms with E-state index in [-0.39, 0.29) is 35.9 Å². The zero-order valence-electron chi connectivity index (χ0n) is 19.2. The lowest BCUT2D eigenvalue weighted by atomic mass is 9.81. The van der Waals surface area contributed by atoms with Gasteiger partial charge in [0.2, 0.25) is 5.91 Å². The van der Waals surface area contributed by atoms with E-state index in [2.05, 4.69) is 33.7 Å². The molecule has 0 bridgehead atoms. The van der Waals surface area contributed by atoms with Crippen molar-refractivity contribution >= 4 is 17.5 Å². The van der Waals surface area contributed by atoms with Crippen molar-refractivity contribution < 1.29 is 14.3 Å². The fourth-order valence-corrected chi connectivity index (χ4v) is 6.07. The first-order chi connectivity index (χ1) is 16.2. The summed E-state index contributed by atoms with van der Waals surface area (Å²) >= 11 is 0. The van der Waals surface area contributed by atoms with Crippen molar-refractivity contribution in [3.05, 3.63) is 65.7 Å². The molecule has 1 aliphatic carbocycles. The Morgan fingerprint density at radius 3 is 2.61 bits per heavy atom. The van der Waals surface area contributed by atoms with Crippen molar-refractivity contribution in [2.24, 2.45) is 11.8 Å². The number of para-hydroxylation sites is 1. The summed E-state index contributed by atoms with van der Waals surface area (Å²) in [5.74, 6) is 0.248. The van der Waals surface area contributed by atoms with Gasteiger partial charge in [-0.1, -0.05) is 49.2 Å². The topological polar surface area (TPSA) is 70.7 Å². The number of methoxy groups -OCH3 is 1. The van der Waals surface area contributed by atoms with Crippen molar-refractivity contribution in [3.63, 3.8) is 0 Å². The van der Waals surface area contributed by atoms with Gasteiger partial charge in [0.1, 0.15) is 0 Å². The quantitative estimate of drug-likeness (QED) is 0.727. The Hall–Kier alpha value is -2.86. The molecule has 6 nitrogen and oxygen atoms in total. The largest absolute Gasteiger partial charge is 0.383 e. The number of hydrogen-bond acceptors (Lipinski definition) is 4. The maximum atomic E-state index is 14.0. The number of nitrogens with zero attached hydrogens (tertiary/aromatic N) is 1. The zero-order chi connectivity index (χ0) is 22.8. The molecule has 3 aliphatic rings. The Bertz CT molecular complexity index is 995. The molecule has 5 rings (SSSR count). The minimum Gasteiger partial charge on any atom is -0.383 e. The van der Waals surface area contributed by atoms with Crippen LogP contribution in [0.1, 0.15) is 54.1 Å². The highest BCUT2D eigenvalue weighted by molar-refractivity contribution is 5.94. The summed E-state index contributed by atoms with van der Waals surface area (Å²) in [6.07, 6.45) is 4.70. The van der Waals surface area contributed by atoms with Crippen LogP contribution in [0.25, 0.3) is 0 Å². The standard InChI is InChI=1S/C27H33N3O3/c1-33-17-24-20-15-16-30(25(20)19-11-5-7-13-22(19)28-24)27(32)21-12-6-8-14-23(21)29-26(31)18-9-3-2-4-10-18/h2-5,7,9-11,13,20-21,23-25,28H,6,8,12,14-17H2,1H3,(H,29,31)/t20-,21+,23-,24+,25+/m1/s1. The van der Waals surface area contributed by atoms with E-state index in [9.17, 15) is 9.59 Å². The summed E-state index contributed by atoms with van der Waals surface area (Å²) in [5.41, 5.74) is 2.93. The third-order valence-corrected chi connectivity index (χ3v) is 7.65. The predicted molar refractivity (Wildman–Crippen MR) is 128 cm³/mol. The lowest BCUT2D eigenvalue weighted by molar-refractivity contribution is -0.139. The third kappa shape index (κ3) is 4.24. The highest BCUT2D eigenvalue weighted by Crippen LogP contribution is 2.47. The van der Waals surface area contributed by atoms with Gasteiger partial charge in [-0.3, -0.25) is 9.59 Å². The predicted octanol–water partition coefficient (Wildman–Crippen LogP) is 4.01. The first-order valence-corrected chi connectivity index (χ1v) is 12.2. The summed E-state index contributed by atoms with van der Waals surface area (Å²) in [6.45, 7) is 1.37. The molecule has 0 radical (unpaired) electrons. The van der Waals surface area contributed by atoms with Crippen LogP contribution in [0.2, 0.25) is 0 Å². The second-order valence-corrected chi connectivity index (χ2v) is 9.56. The number of likely N-dealkylation sites (tertiary alicyclic amines) is 1. The van der Waals surface area contributed by atoms with Gasteiger partial charge >= 0.3 is 0 Å². The maximum absolute atomic E-state index is 14.0. The highest BCUT2D eigenvalue weighted by Gasteiger charge is 2.48. The molecule has 2 N–H and O–H groups in total. The highest BCUT2D eigenvalue weighted by atomic mass is 16.5.